The topological polar surface area (TPSA) is 66.8 Å². The van der Waals surface area contributed by atoms with Gasteiger partial charge in [0.25, 0.3) is 0 Å². The first kappa shape index (κ1) is 18.3. The van der Waals surface area contributed by atoms with Gasteiger partial charge >= 0.3 is 0 Å². The average Bonchev–Trinajstić information content (AvgIpc) is 2.71. The zero-order valence-electron chi connectivity index (χ0n) is 15.6. The molecule has 4 rings (SSSR count). The number of phenols is 2. The van der Waals surface area contributed by atoms with Crippen LogP contribution < -0.4 is 0 Å². The molecule has 0 bridgehead atoms. The molecule has 0 spiro atoms. The van der Waals surface area contributed by atoms with Crippen molar-refractivity contribution in [1.29, 1.82) is 0 Å². The van der Waals surface area contributed by atoms with Crippen molar-refractivity contribution < 1.29 is 19.7 Å². The molecule has 1 atom stereocenters. The van der Waals surface area contributed by atoms with Crippen molar-refractivity contribution in [2.45, 2.75) is 24.9 Å². The van der Waals surface area contributed by atoms with Gasteiger partial charge in [-0.25, -0.2) is 0 Å². The smallest absolute Gasteiger partial charge is 0.201 e. The van der Waals surface area contributed by atoms with E-state index in [-0.39, 0.29) is 40.4 Å². The van der Waals surface area contributed by atoms with Crippen molar-refractivity contribution in [2.24, 2.45) is 0 Å². The van der Waals surface area contributed by atoms with E-state index in [0.717, 1.165) is 24.0 Å². The normalized spacial score (nSPS) is 14.4. The van der Waals surface area contributed by atoms with E-state index in [1.54, 1.807) is 19.2 Å². The van der Waals surface area contributed by atoms with E-state index in [9.17, 15) is 15.0 Å². The molecule has 1 unspecified atom stereocenters. The number of ether oxygens (including phenoxy) is 1. The summed E-state index contributed by atoms with van der Waals surface area (Å²) in [7, 11) is 1.66. The van der Waals surface area contributed by atoms with Gasteiger partial charge < -0.3 is 14.9 Å². The molecule has 142 valence electrons. The molecule has 1 aliphatic rings. The summed E-state index contributed by atoms with van der Waals surface area (Å²) in [6, 6.07) is 20.4. The lowest BCUT2D eigenvalue weighted by molar-refractivity contribution is 0.0794. The number of aryl methyl sites for hydroxylation is 1. The third-order valence-electron chi connectivity index (χ3n) is 5.51. The van der Waals surface area contributed by atoms with Gasteiger partial charge in [0.15, 0.2) is 0 Å². The number of aromatic hydroxyl groups is 2. The monoisotopic (exact) mass is 374 g/mol. The Kier molecular flexibility index (Phi) is 4.88. The number of hydrogen-bond acceptors (Lipinski definition) is 4. The zero-order chi connectivity index (χ0) is 19.7. The van der Waals surface area contributed by atoms with Crippen LogP contribution in [0, 0.1) is 0 Å². The third-order valence-corrected chi connectivity index (χ3v) is 5.51. The van der Waals surface area contributed by atoms with Gasteiger partial charge in [0.2, 0.25) is 5.78 Å². The van der Waals surface area contributed by atoms with Crippen molar-refractivity contribution in [3.8, 4) is 11.5 Å². The molecule has 0 amide bonds. The van der Waals surface area contributed by atoms with E-state index in [0.29, 0.717) is 0 Å². The summed E-state index contributed by atoms with van der Waals surface area (Å²) in [6.07, 6.45) is 1.35. The Morgan fingerprint density at radius 1 is 0.857 bits per heavy atom. The lowest BCUT2D eigenvalue weighted by atomic mass is 9.73. The molecule has 0 heterocycles. The van der Waals surface area contributed by atoms with Gasteiger partial charge in [-0.3, -0.25) is 4.79 Å². The van der Waals surface area contributed by atoms with Crippen LogP contribution >= 0.6 is 0 Å². The second-order valence-corrected chi connectivity index (χ2v) is 7.09. The number of methoxy groups -OCH3 is 1. The van der Waals surface area contributed by atoms with E-state index in [1.165, 1.54) is 17.7 Å². The van der Waals surface area contributed by atoms with Crippen LogP contribution in [0.25, 0.3) is 0 Å². The highest BCUT2D eigenvalue weighted by molar-refractivity contribution is 6.15. The molecule has 0 fully saturated rings. The van der Waals surface area contributed by atoms with Crippen LogP contribution in [0.2, 0.25) is 0 Å². The van der Waals surface area contributed by atoms with Crippen molar-refractivity contribution in [3.05, 3.63) is 94.5 Å². The van der Waals surface area contributed by atoms with Crippen LogP contribution in [-0.4, -0.2) is 29.2 Å². The lowest BCUT2D eigenvalue weighted by Crippen LogP contribution is -2.30. The highest BCUT2D eigenvalue weighted by Crippen LogP contribution is 2.45. The Morgan fingerprint density at radius 2 is 1.43 bits per heavy atom. The van der Waals surface area contributed by atoms with Gasteiger partial charge in [-0.15, -0.1) is 0 Å². The van der Waals surface area contributed by atoms with Crippen molar-refractivity contribution in [3.63, 3.8) is 0 Å². The number of fused-ring (bicyclic) bond motifs is 2. The number of rotatable bonds is 5. The molecule has 1 aliphatic carbocycles. The number of ketones is 1. The Bertz CT molecular complexity index is 955. The third kappa shape index (κ3) is 3.06. The van der Waals surface area contributed by atoms with E-state index >= 15 is 0 Å². The van der Waals surface area contributed by atoms with Gasteiger partial charge in [0.05, 0.1) is 17.2 Å². The minimum Gasteiger partial charge on any atom is -0.507 e. The maximum atomic E-state index is 13.0. The highest BCUT2D eigenvalue weighted by atomic mass is 16.5. The number of carbonyl (C=O) groups excluding carboxylic acids is 1. The van der Waals surface area contributed by atoms with Gasteiger partial charge in [0.1, 0.15) is 11.5 Å². The molecule has 0 saturated carbocycles. The first-order chi connectivity index (χ1) is 13.6. The largest absolute Gasteiger partial charge is 0.507 e. The molecule has 28 heavy (non-hydrogen) atoms. The molecule has 0 radical (unpaired) electrons. The minimum atomic E-state index is -0.352. The maximum Gasteiger partial charge on any atom is 0.201 e. The molecule has 4 nitrogen and oxygen atoms in total. The Morgan fingerprint density at radius 3 is 1.96 bits per heavy atom. The summed E-state index contributed by atoms with van der Waals surface area (Å²) in [5.74, 6) is -0.746. The molecule has 4 heteroatoms. The first-order valence-corrected chi connectivity index (χ1v) is 9.37. The van der Waals surface area contributed by atoms with E-state index in [1.807, 2.05) is 30.3 Å². The lowest BCUT2D eigenvalue weighted by Gasteiger charge is -2.33. The van der Waals surface area contributed by atoms with Gasteiger partial charge in [-0.1, -0.05) is 54.6 Å². The molecule has 3 aromatic rings. The van der Waals surface area contributed by atoms with Gasteiger partial charge in [0, 0.05) is 13.0 Å². The molecule has 2 N–H and O–H groups in total. The second kappa shape index (κ2) is 7.49. The molecular formula is C24H22O4. The number of hydrogen-bond donors (Lipinski definition) is 2. The van der Waals surface area contributed by atoms with E-state index < -0.39 is 0 Å². The van der Waals surface area contributed by atoms with Crippen molar-refractivity contribution in [1.82, 2.24) is 0 Å². The SMILES string of the molecule is COC(CCc1ccccc1)C1c2cccc(O)c2C(=O)c2c(O)cccc21. The second-order valence-electron chi connectivity index (χ2n) is 7.09. The van der Waals surface area contributed by atoms with Gasteiger partial charge in [-0.2, -0.15) is 0 Å². The molecule has 0 saturated heterocycles. The van der Waals surface area contributed by atoms with Crippen molar-refractivity contribution in [2.75, 3.05) is 7.11 Å². The molecule has 0 aromatic heterocycles. The summed E-state index contributed by atoms with van der Waals surface area (Å²) in [5.41, 5.74) is 3.20. The average molecular weight is 374 g/mol. The van der Waals surface area contributed by atoms with Crippen LogP contribution in [0.3, 0.4) is 0 Å². The fraction of sp³-hybridized carbons (Fsp3) is 0.208. The molecule has 0 aliphatic heterocycles. The predicted molar refractivity (Wildman–Crippen MR) is 107 cm³/mol. The highest BCUT2D eigenvalue weighted by Gasteiger charge is 2.38. The fourth-order valence-corrected chi connectivity index (χ4v) is 4.20. The van der Waals surface area contributed by atoms with Crippen LogP contribution in [0.5, 0.6) is 11.5 Å². The van der Waals surface area contributed by atoms with Crippen LogP contribution in [-0.2, 0) is 11.2 Å². The quantitative estimate of drug-likeness (QED) is 0.694. The standard InChI is InChI=1S/C24H22O4/c1-28-20(14-13-15-7-3-2-4-8-15)21-16-9-5-11-18(25)22(16)24(27)23-17(21)10-6-12-19(23)26/h2-12,20-21,25-26H,13-14H2,1H3. The summed E-state index contributed by atoms with van der Waals surface area (Å²) in [6.45, 7) is 0. The molecule has 3 aromatic carbocycles. The van der Waals surface area contributed by atoms with Crippen LogP contribution in [0.4, 0.5) is 0 Å². The van der Waals surface area contributed by atoms with E-state index in [4.69, 9.17) is 4.74 Å². The number of benzene rings is 3. The first-order valence-electron chi connectivity index (χ1n) is 9.37. The fourth-order valence-electron chi connectivity index (χ4n) is 4.20. The summed E-state index contributed by atoms with van der Waals surface area (Å²) < 4.78 is 5.87. The summed E-state index contributed by atoms with van der Waals surface area (Å²) >= 11 is 0. The summed E-state index contributed by atoms with van der Waals surface area (Å²) in [4.78, 5) is 13.0. The van der Waals surface area contributed by atoms with E-state index in [2.05, 4.69) is 12.1 Å². The summed E-state index contributed by atoms with van der Waals surface area (Å²) in [5, 5.41) is 20.8. The Balaban J connectivity index is 1.79. The Labute approximate surface area is 164 Å². The van der Waals surface area contributed by atoms with Gasteiger partial charge in [-0.05, 0) is 41.7 Å². The Hall–Kier alpha value is -3.11. The van der Waals surface area contributed by atoms with Crippen LogP contribution in [0.1, 0.15) is 45.0 Å². The zero-order valence-corrected chi connectivity index (χ0v) is 15.6. The van der Waals surface area contributed by atoms with Crippen molar-refractivity contribution >= 4 is 5.78 Å². The molecular weight excluding hydrogens is 352 g/mol. The maximum absolute atomic E-state index is 13.0. The minimum absolute atomic E-state index is 0.0701. The predicted octanol–water partition coefficient (Wildman–Crippen LogP) is 4.42. The number of carbonyl (C=O) groups is 1. The van der Waals surface area contributed by atoms with Crippen LogP contribution in [0.15, 0.2) is 66.7 Å². The number of phenolic OH excluding ortho intramolecular Hbond substituents is 2.